The molecule has 2 saturated heterocycles. The number of benzene rings is 1. The molecule has 0 saturated carbocycles. The minimum absolute atomic E-state index is 0.0207. The van der Waals surface area contributed by atoms with Gasteiger partial charge in [0, 0.05) is 57.1 Å². The molecule has 2 aromatic rings. The number of halogens is 5. The van der Waals surface area contributed by atoms with Gasteiger partial charge in [0.1, 0.15) is 0 Å². The molecule has 2 atom stereocenters. The quantitative estimate of drug-likeness (QED) is 0.458. The van der Waals surface area contributed by atoms with E-state index in [2.05, 4.69) is 4.98 Å². The largest absolute Gasteiger partial charge is 0.417 e. The molecule has 3 heterocycles. The molecule has 0 radical (unpaired) electrons. The van der Waals surface area contributed by atoms with Gasteiger partial charge in [0.15, 0.2) is 0 Å². The molecule has 0 unspecified atom stereocenters. The second kappa shape index (κ2) is 11.2. The zero-order valence-electron chi connectivity index (χ0n) is 19.8. The van der Waals surface area contributed by atoms with Gasteiger partial charge in [-0.15, -0.1) is 11.8 Å². The number of hydrogen-bond acceptors (Lipinski definition) is 5. The second-order valence-electron chi connectivity index (χ2n) is 9.07. The van der Waals surface area contributed by atoms with Gasteiger partial charge in [0.05, 0.1) is 26.9 Å². The number of rotatable bonds is 5. The zero-order chi connectivity index (χ0) is 27.0. The number of sulfonamides is 1. The van der Waals surface area contributed by atoms with Crippen molar-refractivity contribution in [1.82, 2.24) is 19.1 Å². The predicted octanol–water partition coefficient (Wildman–Crippen LogP) is 4.91. The molecule has 37 heavy (non-hydrogen) atoms. The summed E-state index contributed by atoms with van der Waals surface area (Å²) in [6.45, 7) is 1.95. The van der Waals surface area contributed by atoms with E-state index in [1.54, 1.807) is 21.9 Å². The number of thioether (sulfide) groups is 1. The molecule has 0 N–H and O–H groups in total. The van der Waals surface area contributed by atoms with E-state index in [0.717, 1.165) is 24.1 Å². The van der Waals surface area contributed by atoms with Crippen LogP contribution in [0.3, 0.4) is 0 Å². The van der Waals surface area contributed by atoms with Crippen LogP contribution in [0.1, 0.15) is 17.0 Å². The molecule has 202 valence electrons. The Kier molecular flexibility index (Phi) is 8.54. The maximum Gasteiger partial charge on any atom is 0.417 e. The van der Waals surface area contributed by atoms with Gasteiger partial charge in [-0.3, -0.25) is 0 Å². The molecule has 2 amide bonds. The predicted molar refractivity (Wildman–Crippen MR) is 138 cm³/mol. The van der Waals surface area contributed by atoms with Gasteiger partial charge in [-0.25, -0.2) is 18.2 Å². The van der Waals surface area contributed by atoms with Crippen LogP contribution in [0, 0.1) is 5.92 Å². The highest BCUT2D eigenvalue weighted by Crippen LogP contribution is 2.39. The summed E-state index contributed by atoms with van der Waals surface area (Å²) < 4.78 is 63.5. The van der Waals surface area contributed by atoms with Crippen LogP contribution >= 0.6 is 35.0 Å². The molecule has 1 aromatic carbocycles. The summed E-state index contributed by atoms with van der Waals surface area (Å²) in [4.78, 5) is 20.7. The molecule has 7 nitrogen and oxygen atoms in total. The van der Waals surface area contributed by atoms with Crippen molar-refractivity contribution in [3.63, 3.8) is 0 Å². The third kappa shape index (κ3) is 6.83. The number of piperazine rings is 1. The Morgan fingerprint density at radius 1 is 1.05 bits per heavy atom. The molecular weight excluding hydrogens is 572 g/mol. The summed E-state index contributed by atoms with van der Waals surface area (Å²) in [5, 5.41) is 1.28. The maximum atomic E-state index is 13.3. The van der Waals surface area contributed by atoms with Crippen LogP contribution in [0.15, 0.2) is 41.6 Å². The lowest BCUT2D eigenvalue weighted by Gasteiger charge is -2.35. The topological polar surface area (TPSA) is 73.8 Å². The molecule has 0 aliphatic carbocycles. The molecule has 2 aliphatic heterocycles. The minimum atomic E-state index is -4.45. The highest BCUT2D eigenvalue weighted by Gasteiger charge is 2.39. The van der Waals surface area contributed by atoms with E-state index in [1.807, 2.05) is 6.07 Å². The summed E-state index contributed by atoms with van der Waals surface area (Å²) in [5.41, 5.74) is 0.108. The number of nitrogens with zero attached hydrogens (tertiary/aromatic N) is 4. The Labute approximate surface area is 228 Å². The van der Waals surface area contributed by atoms with Gasteiger partial charge < -0.3 is 9.80 Å². The van der Waals surface area contributed by atoms with Crippen molar-refractivity contribution in [1.29, 1.82) is 0 Å². The van der Waals surface area contributed by atoms with E-state index in [-0.39, 0.29) is 31.0 Å². The third-order valence-corrected chi connectivity index (χ3v) is 9.74. The van der Waals surface area contributed by atoms with Gasteiger partial charge in [-0.1, -0.05) is 29.3 Å². The van der Waals surface area contributed by atoms with E-state index in [9.17, 15) is 26.4 Å². The summed E-state index contributed by atoms with van der Waals surface area (Å²) in [5.74, 6) is 0.431. The first kappa shape index (κ1) is 28.3. The average molecular weight is 598 g/mol. The van der Waals surface area contributed by atoms with Crippen molar-refractivity contribution in [2.75, 3.05) is 51.3 Å². The van der Waals surface area contributed by atoms with Crippen molar-refractivity contribution in [3.05, 3.63) is 57.7 Å². The van der Waals surface area contributed by atoms with Gasteiger partial charge >= 0.3 is 12.2 Å². The maximum absolute atomic E-state index is 13.3. The molecule has 0 spiro atoms. The number of urea groups is 1. The van der Waals surface area contributed by atoms with Crippen LogP contribution in [0.4, 0.5) is 18.0 Å². The Morgan fingerprint density at radius 2 is 1.76 bits per heavy atom. The van der Waals surface area contributed by atoms with Gasteiger partial charge in [-0.05, 0) is 35.7 Å². The molecule has 2 aliphatic rings. The van der Waals surface area contributed by atoms with E-state index in [1.165, 1.54) is 22.1 Å². The third-order valence-electron chi connectivity index (χ3n) is 6.57. The van der Waals surface area contributed by atoms with Crippen LogP contribution in [0.25, 0.3) is 0 Å². The fourth-order valence-electron chi connectivity index (χ4n) is 4.55. The number of hydrogen-bond donors (Lipinski definition) is 0. The number of carbonyl (C=O) groups is 1. The number of alkyl halides is 3. The second-order valence-corrected chi connectivity index (χ2v) is 12.9. The van der Waals surface area contributed by atoms with Crippen molar-refractivity contribution >= 4 is 51.0 Å². The van der Waals surface area contributed by atoms with Crippen LogP contribution < -0.4 is 0 Å². The number of likely N-dealkylation sites (tertiary alicyclic amines) is 1. The van der Waals surface area contributed by atoms with Crippen LogP contribution in [0.2, 0.25) is 10.0 Å². The van der Waals surface area contributed by atoms with Gasteiger partial charge in [0.25, 0.3) is 0 Å². The van der Waals surface area contributed by atoms with Crippen LogP contribution in [0.5, 0.6) is 0 Å². The van der Waals surface area contributed by atoms with E-state index >= 15 is 0 Å². The van der Waals surface area contributed by atoms with Gasteiger partial charge in [-0.2, -0.15) is 17.5 Å². The molecule has 0 bridgehead atoms. The highest BCUT2D eigenvalue weighted by atomic mass is 35.5. The van der Waals surface area contributed by atoms with Crippen molar-refractivity contribution in [2.45, 2.75) is 17.1 Å². The zero-order valence-corrected chi connectivity index (χ0v) is 22.9. The Bertz CT molecular complexity index is 1240. The molecular formula is C23H25Cl2F3N4O3S2. The fourth-order valence-corrected chi connectivity index (χ4v) is 6.70. The lowest BCUT2D eigenvalue weighted by molar-refractivity contribution is -0.137. The van der Waals surface area contributed by atoms with Crippen LogP contribution in [-0.4, -0.2) is 84.8 Å². The normalized spacial score (nSPS) is 21.5. The van der Waals surface area contributed by atoms with Crippen LogP contribution in [-0.2, 0) is 16.2 Å². The lowest BCUT2D eigenvalue weighted by Crippen LogP contribution is -2.53. The Hall–Kier alpha value is -1.73. The number of pyridine rings is 1. The van der Waals surface area contributed by atoms with E-state index in [4.69, 9.17) is 23.2 Å². The first-order chi connectivity index (χ1) is 17.3. The van der Waals surface area contributed by atoms with Crippen molar-refractivity contribution < 1.29 is 26.4 Å². The number of aromatic nitrogens is 1. The Morgan fingerprint density at radius 3 is 2.32 bits per heavy atom. The average Bonchev–Trinajstić information content (AvgIpc) is 3.27. The Balaban J connectivity index is 1.47. The number of amides is 2. The molecule has 4 rings (SSSR count). The number of carbonyl (C=O) groups excluding carboxylic acids is 1. The monoisotopic (exact) mass is 596 g/mol. The van der Waals surface area contributed by atoms with E-state index < -0.39 is 21.8 Å². The molecule has 2 fully saturated rings. The highest BCUT2D eigenvalue weighted by molar-refractivity contribution is 7.99. The van der Waals surface area contributed by atoms with Crippen molar-refractivity contribution in [3.8, 4) is 0 Å². The molecule has 14 heteroatoms. The minimum Gasteiger partial charge on any atom is -0.324 e. The smallest absolute Gasteiger partial charge is 0.324 e. The summed E-state index contributed by atoms with van der Waals surface area (Å²) in [6.07, 6.45) is -2.48. The first-order valence-electron chi connectivity index (χ1n) is 11.4. The summed E-state index contributed by atoms with van der Waals surface area (Å²) >= 11 is 13.7. The standard InChI is InChI=1S/C23H25Cl2F3N4O3S2/c1-37(34,35)32-8-6-30(7-9-32)22(33)31-12-16(18(13-31)15-2-4-19(24)20(25)10-15)14-36-21-5-3-17(11-29-21)23(26,27)28/h2-5,10-11,16,18H,6-9,12-14H2,1H3/t16-,18-/m1/s1. The van der Waals surface area contributed by atoms with Crippen molar-refractivity contribution in [2.24, 2.45) is 5.92 Å². The van der Waals surface area contributed by atoms with Gasteiger partial charge in [0.2, 0.25) is 10.0 Å². The fraction of sp³-hybridized carbons (Fsp3) is 0.478. The lowest BCUT2D eigenvalue weighted by atomic mass is 9.90. The SMILES string of the molecule is CS(=O)(=O)N1CCN(C(=O)N2C[C@H](CSc3ccc(C(F)(F)F)cn3)[C@@H](c3ccc(Cl)c(Cl)c3)C2)CC1. The first-order valence-corrected chi connectivity index (χ1v) is 15.0. The summed E-state index contributed by atoms with van der Waals surface area (Å²) in [7, 11) is -3.31. The summed E-state index contributed by atoms with van der Waals surface area (Å²) in [6, 6.07) is 7.54. The molecule has 1 aromatic heterocycles. The van der Waals surface area contributed by atoms with E-state index in [0.29, 0.717) is 47.0 Å².